The van der Waals surface area contributed by atoms with Gasteiger partial charge in [0.15, 0.2) is 0 Å². The first-order valence-electron chi connectivity index (χ1n) is 7.85. The second-order valence-electron chi connectivity index (χ2n) is 5.62. The Morgan fingerprint density at radius 1 is 1.00 bits per heavy atom. The van der Waals surface area contributed by atoms with Crippen LogP contribution in [0.1, 0.15) is 31.5 Å². The molecule has 3 aromatic rings. The van der Waals surface area contributed by atoms with Gasteiger partial charge in [0.25, 0.3) is 0 Å². The van der Waals surface area contributed by atoms with Crippen molar-refractivity contribution in [2.75, 3.05) is 0 Å². The molecular weight excluding hydrogens is 302 g/mol. The molecule has 0 spiro atoms. The molecule has 0 aliphatic heterocycles. The van der Waals surface area contributed by atoms with Gasteiger partial charge >= 0.3 is 0 Å². The lowest BCUT2D eigenvalue weighted by molar-refractivity contribution is -0.125. The van der Waals surface area contributed by atoms with Gasteiger partial charge in [-0.1, -0.05) is 60.7 Å². The molecule has 24 heavy (non-hydrogen) atoms. The van der Waals surface area contributed by atoms with Crippen molar-refractivity contribution in [3.05, 3.63) is 66.2 Å². The summed E-state index contributed by atoms with van der Waals surface area (Å²) in [6.07, 6.45) is 0. The number of amides is 1. The summed E-state index contributed by atoms with van der Waals surface area (Å²) in [5, 5.41) is 15.3. The van der Waals surface area contributed by atoms with Crippen LogP contribution < -0.4 is 5.32 Å². The fourth-order valence-electron chi connectivity index (χ4n) is 2.36. The van der Waals surface area contributed by atoms with E-state index in [1.54, 1.807) is 6.92 Å². The first kappa shape index (κ1) is 15.9. The lowest BCUT2D eigenvalue weighted by Gasteiger charge is -2.17. The Bertz CT molecular complexity index is 801. The van der Waals surface area contributed by atoms with E-state index in [1.807, 2.05) is 67.6 Å². The molecule has 2 unspecified atom stereocenters. The zero-order valence-electron chi connectivity index (χ0n) is 13.6. The predicted octanol–water partition coefficient (Wildman–Crippen LogP) is 2.78. The fraction of sp³-hybridized carbons (Fsp3) is 0.222. The summed E-state index contributed by atoms with van der Waals surface area (Å²) in [5.41, 5.74) is 1.92. The number of hydrogen-bond donors (Lipinski definition) is 1. The highest BCUT2D eigenvalue weighted by Crippen LogP contribution is 2.15. The van der Waals surface area contributed by atoms with E-state index >= 15 is 0 Å². The molecule has 0 aliphatic carbocycles. The minimum Gasteiger partial charge on any atom is -0.348 e. The molecule has 0 saturated heterocycles. The molecule has 1 heterocycles. The summed E-state index contributed by atoms with van der Waals surface area (Å²) in [5.74, 6) is 0.356. The standard InChI is InChI=1S/C18H19N5O/c1-13(15-9-5-3-6-10-15)19-18(24)14(2)23-21-17(20-22-23)16-11-7-4-8-12-16/h3-14H,1-2H3,(H,19,24). The van der Waals surface area contributed by atoms with Gasteiger partial charge in [-0.25, -0.2) is 0 Å². The maximum atomic E-state index is 12.4. The van der Waals surface area contributed by atoms with Gasteiger partial charge in [-0.2, -0.15) is 4.80 Å². The summed E-state index contributed by atoms with van der Waals surface area (Å²) in [4.78, 5) is 13.8. The Labute approximate surface area is 140 Å². The van der Waals surface area contributed by atoms with E-state index in [1.165, 1.54) is 4.80 Å². The van der Waals surface area contributed by atoms with Crippen molar-refractivity contribution in [3.63, 3.8) is 0 Å². The van der Waals surface area contributed by atoms with Gasteiger partial charge < -0.3 is 5.32 Å². The topological polar surface area (TPSA) is 72.7 Å². The van der Waals surface area contributed by atoms with Crippen LogP contribution in [0.25, 0.3) is 11.4 Å². The Hall–Kier alpha value is -3.02. The summed E-state index contributed by atoms with van der Waals surface area (Å²) in [7, 11) is 0. The number of nitrogens with one attached hydrogen (secondary N) is 1. The largest absolute Gasteiger partial charge is 0.348 e. The van der Waals surface area contributed by atoms with Gasteiger partial charge in [0, 0.05) is 5.56 Å². The maximum absolute atomic E-state index is 12.4. The molecule has 1 aromatic heterocycles. The van der Waals surface area contributed by atoms with Crippen molar-refractivity contribution in [2.45, 2.75) is 25.9 Å². The van der Waals surface area contributed by atoms with Crippen molar-refractivity contribution in [1.29, 1.82) is 0 Å². The molecule has 122 valence electrons. The molecule has 2 atom stereocenters. The lowest BCUT2D eigenvalue weighted by Crippen LogP contribution is -2.33. The molecule has 2 aromatic carbocycles. The second-order valence-corrected chi connectivity index (χ2v) is 5.62. The van der Waals surface area contributed by atoms with Crippen molar-refractivity contribution < 1.29 is 4.79 Å². The average molecular weight is 321 g/mol. The number of nitrogens with zero attached hydrogens (tertiary/aromatic N) is 4. The molecule has 1 N–H and O–H groups in total. The van der Waals surface area contributed by atoms with Crippen LogP contribution in [0.4, 0.5) is 0 Å². The van der Waals surface area contributed by atoms with E-state index in [-0.39, 0.29) is 11.9 Å². The SMILES string of the molecule is CC(NC(=O)C(C)n1nnc(-c2ccccc2)n1)c1ccccc1. The van der Waals surface area contributed by atoms with Crippen LogP contribution in [-0.2, 0) is 4.79 Å². The van der Waals surface area contributed by atoms with Gasteiger partial charge in [0.2, 0.25) is 11.7 Å². The zero-order valence-corrected chi connectivity index (χ0v) is 13.6. The molecule has 0 bridgehead atoms. The average Bonchev–Trinajstić information content (AvgIpc) is 3.12. The Kier molecular flexibility index (Phi) is 4.65. The van der Waals surface area contributed by atoms with Gasteiger partial charge in [-0.05, 0) is 24.6 Å². The van der Waals surface area contributed by atoms with Crippen LogP contribution in [0.2, 0.25) is 0 Å². The van der Waals surface area contributed by atoms with Crippen LogP contribution in [-0.4, -0.2) is 26.1 Å². The maximum Gasteiger partial charge on any atom is 0.246 e. The molecule has 6 nitrogen and oxygen atoms in total. The number of tetrazole rings is 1. The van der Waals surface area contributed by atoms with E-state index in [4.69, 9.17) is 0 Å². The summed E-state index contributed by atoms with van der Waals surface area (Å²) >= 11 is 0. The van der Waals surface area contributed by atoms with E-state index in [9.17, 15) is 4.79 Å². The number of hydrogen-bond acceptors (Lipinski definition) is 4. The quantitative estimate of drug-likeness (QED) is 0.784. The highest BCUT2D eigenvalue weighted by molar-refractivity contribution is 5.80. The van der Waals surface area contributed by atoms with Gasteiger partial charge in [0.05, 0.1) is 6.04 Å². The van der Waals surface area contributed by atoms with Gasteiger partial charge in [-0.3, -0.25) is 4.79 Å². The minimum absolute atomic E-state index is 0.0849. The molecule has 0 radical (unpaired) electrons. The number of carbonyl (C=O) groups is 1. The third-order valence-electron chi connectivity index (χ3n) is 3.84. The number of aromatic nitrogens is 4. The molecule has 0 saturated carbocycles. The zero-order chi connectivity index (χ0) is 16.9. The lowest BCUT2D eigenvalue weighted by atomic mass is 10.1. The van der Waals surface area contributed by atoms with Crippen molar-refractivity contribution in [3.8, 4) is 11.4 Å². The van der Waals surface area contributed by atoms with Crippen LogP contribution in [0.3, 0.4) is 0 Å². The van der Waals surface area contributed by atoms with Crippen LogP contribution in [0.15, 0.2) is 60.7 Å². The summed E-state index contributed by atoms with van der Waals surface area (Å²) < 4.78 is 0. The first-order valence-corrected chi connectivity index (χ1v) is 7.85. The number of carbonyl (C=O) groups excluding carboxylic acids is 1. The third-order valence-corrected chi connectivity index (χ3v) is 3.84. The van der Waals surface area contributed by atoms with Crippen molar-refractivity contribution in [2.24, 2.45) is 0 Å². The van der Waals surface area contributed by atoms with Crippen LogP contribution >= 0.6 is 0 Å². The molecule has 3 rings (SSSR count). The number of benzene rings is 2. The minimum atomic E-state index is -0.541. The Balaban J connectivity index is 1.69. The van der Waals surface area contributed by atoms with E-state index in [2.05, 4.69) is 20.7 Å². The monoisotopic (exact) mass is 321 g/mol. The Morgan fingerprint density at radius 3 is 2.29 bits per heavy atom. The normalized spacial score (nSPS) is 13.2. The Morgan fingerprint density at radius 2 is 1.62 bits per heavy atom. The third kappa shape index (κ3) is 3.48. The predicted molar refractivity (Wildman–Crippen MR) is 91.0 cm³/mol. The van der Waals surface area contributed by atoms with E-state index in [0.717, 1.165) is 11.1 Å². The van der Waals surface area contributed by atoms with Crippen LogP contribution in [0.5, 0.6) is 0 Å². The number of rotatable bonds is 5. The highest BCUT2D eigenvalue weighted by atomic mass is 16.2. The van der Waals surface area contributed by atoms with Gasteiger partial charge in [0.1, 0.15) is 6.04 Å². The van der Waals surface area contributed by atoms with E-state index in [0.29, 0.717) is 5.82 Å². The second kappa shape index (κ2) is 7.04. The van der Waals surface area contributed by atoms with E-state index < -0.39 is 6.04 Å². The summed E-state index contributed by atoms with van der Waals surface area (Å²) in [6.45, 7) is 3.70. The molecule has 6 heteroatoms. The molecular formula is C18H19N5O. The van der Waals surface area contributed by atoms with Crippen LogP contribution in [0, 0.1) is 0 Å². The highest BCUT2D eigenvalue weighted by Gasteiger charge is 2.20. The van der Waals surface area contributed by atoms with Crippen molar-refractivity contribution >= 4 is 5.91 Å². The molecule has 0 fully saturated rings. The first-order chi connectivity index (χ1) is 11.6. The smallest absolute Gasteiger partial charge is 0.246 e. The fourth-order valence-corrected chi connectivity index (χ4v) is 2.36. The summed E-state index contributed by atoms with van der Waals surface area (Å²) in [6, 6.07) is 18.8. The molecule has 0 aliphatic rings. The van der Waals surface area contributed by atoms with Gasteiger partial charge in [-0.15, -0.1) is 10.2 Å². The van der Waals surface area contributed by atoms with Crippen molar-refractivity contribution in [1.82, 2.24) is 25.5 Å². The molecule has 1 amide bonds.